The molecule has 2 aliphatic rings. The summed E-state index contributed by atoms with van der Waals surface area (Å²) < 4.78 is 13.9. The highest BCUT2D eigenvalue weighted by Gasteiger charge is 2.39. The van der Waals surface area contributed by atoms with Crippen molar-refractivity contribution in [3.8, 4) is 0 Å². The minimum absolute atomic E-state index is 0.108. The maximum Gasteiger partial charge on any atom is 0.316 e. The number of halogens is 1. The van der Waals surface area contributed by atoms with Gasteiger partial charge in [-0.05, 0) is 24.7 Å². The number of amides is 2. The van der Waals surface area contributed by atoms with Crippen LogP contribution in [0.1, 0.15) is 24.4 Å². The van der Waals surface area contributed by atoms with Crippen molar-refractivity contribution in [2.24, 2.45) is 5.92 Å². The largest absolute Gasteiger partial charge is 0.331 e. The molecule has 3 nitrogen and oxygen atoms in total. The van der Waals surface area contributed by atoms with Crippen LogP contribution >= 0.6 is 11.8 Å². The van der Waals surface area contributed by atoms with Crippen molar-refractivity contribution in [2.75, 3.05) is 5.75 Å². The molecule has 2 heterocycles. The predicted octanol–water partition coefficient (Wildman–Crippen LogP) is 2.65. The normalized spacial score (nSPS) is 31.2. The van der Waals surface area contributed by atoms with Crippen molar-refractivity contribution in [3.63, 3.8) is 0 Å². The molecule has 2 amide bonds. The first-order valence-electron chi connectivity index (χ1n) is 6.19. The molecule has 0 unspecified atom stereocenters. The van der Waals surface area contributed by atoms with E-state index in [4.69, 9.17) is 0 Å². The minimum atomic E-state index is -0.237. The Bertz CT molecular complexity index is 468. The summed E-state index contributed by atoms with van der Waals surface area (Å²) in [5.74, 6) is 1.09. The second-order valence-corrected chi connectivity index (χ2v) is 5.96. The van der Waals surface area contributed by atoms with Crippen LogP contribution in [0.4, 0.5) is 9.18 Å². The molecule has 2 saturated heterocycles. The second-order valence-electron chi connectivity index (χ2n) is 4.71. The number of thioether (sulfide) groups is 1. The smallest absolute Gasteiger partial charge is 0.316 e. The Kier molecular flexibility index (Phi) is 3.16. The third-order valence-electron chi connectivity index (χ3n) is 3.60. The van der Waals surface area contributed by atoms with Crippen LogP contribution in [-0.2, 0) is 0 Å². The van der Waals surface area contributed by atoms with Gasteiger partial charge in [-0.1, -0.05) is 18.2 Å². The van der Waals surface area contributed by atoms with Gasteiger partial charge in [-0.15, -0.1) is 11.8 Å². The van der Waals surface area contributed by atoms with Crippen LogP contribution in [0, 0.1) is 11.7 Å². The summed E-state index contributed by atoms with van der Waals surface area (Å²) in [6.45, 7) is 0. The van der Waals surface area contributed by atoms with E-state index in [-0.39, 0.29) is 29.2 Å². The molecule has 0 saturated carbocycles. The molecule has 96 valence electrons. The zero-order valence-corrected chi connectivity index (χ0v) is 10.7. The van der Waals surface area contributed by atoms with E-state index in [9.17, 15) is 9.18 Å². The number of hydrogen-bond donors (Lipinski definition) is 2. The first-order valence-corrected chi connectivity index (χ1v) is 7.23. The zero-order valence-electron chi connectivity index (χ0n) is 9.86. The fourth-order valence-corrected chi connectivity index (χ4v) is 4.07. The van der Waals surface area contributed by atoms with Crippen LogP contribution in [0.2, 0.25) is 0 Å². The highest BCUT2D eigenvalue weighted by molar-refractivity contribution is 7.99. The molecule has 3 atom stereocenters. The molecule has 3 rings (SSSR count). The zero-order chi connectivity index (χ0) is 12.5. The summed E-state index contributed by atoms with van der Waals surface area (Å²) >= 11 is 1.76. The van der Waals surface area contributed by atoms with E-state index in [1.165, 1.54) is 6.07 Å². The Morgan fingerprint density at radius 2 is 2.11 bits per heavy atom. The lowest BCUT2D eigenvalue weighted by atomic mass is 9.87. The molecule has 0 aliphatic carbocycles. The van der Waals surface area contributed by atoms with Crippen molar-refractivity contribution in [3.05, 3.63) is 35.6 Å². The minimum Gasteiger partial charge on any atom is -0.331 e. The van der Waals surface area contributed by atoms with Crippen molar-refractivity contribution in [1.82, 2.24) is 10.6 Å². The number of carbonyl (C=O) groups excluding carboxylic acids is 1. The van der Waals surface area contributed by atoms with Gasteiger partial charge in [0.05, 0.1) is 11.4 Å². The van der Waals surface area contributed by atoms with Gasteiger partial charge in [0.15, 0.2) is 0 Å². The number of carbonyl (C=O) groups is 1. The molecule has 0 aromatic heterocycles. The van der Waals surface area contributed by atoms with E-state index in [0.29, 0.717) is 5.56 Å². The lowest BCUT2D eigenvalue weighted by Crippen LogP contribution is -2.56. The lowest BCUT2D eigenvalue weighted by molar-refractivity contribution is 0.202. The Morgan fingerprint density at radius 3 is 2.94 bits per heavy atom. The first kappa shape index (κ1) is 11.8. The standard InChI is InChI=1S/C13H15FN2OS/c14-10-6-2-1-4-8(10)11-9-5-3-7-18-12(9)16-13(17)15-11/h1-2,4,6,9,11-12H,3,5,7H2,(H2,15,16,17)/t9-,11-,12-/m0/s1. The summed E-state index contributed by atoms with van der Waals surface area (Å²) in [6.07, 6.45) is 2.14. The fourth-order valence-electron chi connectivity index (χ4n) is 2.75. The summed E-state index contributed by atoms with van der Waals surface area (Å²) in [6, 6.07) is 6.31. The van der Waals surface area contributed by atoms with E-state index in [1.54, 1.807) is 23.9 Å². The predicted molar refractivity (Wildman–Crippen MR) is 69.8 cm³/mol. The van der Waals surface area contributed by atoms with E-state index in [0.717, 1.165) is 18.6 Å². The molecule has 0 bridgehead atoms. The van der Waals surface area contributed by atoms with Gasteiger partial charge in [-0.3, -0.25) is 0 Å². The number of hydrogen-bond acceptors (Lipinski definition) is 2. The van der Waals surface area contributed by atoms with Gasteiger partial charge in [0.2, 0.25) is 0 Å². The van der Waals surface area contributed by atoms with Gasteiger partial charge in [-0.2, -0.15) is 0 Å². The van der Waals surface area contributed by atoms with Crippen LogP contribution in [-0.4, -0.2) is 17.2 Å². The molecule has 1 aromatic carbocycles. The van der Waals surface area contributed by atoms with Crippen molar-refractivity contribution < 1.29 is 9.18 Å². The van der Waals surface area contributed by atoms with Crippen molar-refractivity contribution in [2.45, 2.75) is 24.3 Å². The molecule has 0 spiro atoms. The summed E-state index contributed by atoms with van der Waals surface area (Å²) in [4.78, 5) is 11.7. The van der Waals surface area contributed by atoms with Gasteiger partial charge in [0.1, 0.15) is 5.82 Å². The molecule has 0 radical (unpaired) electrons. The van der Waals surface area contributed by atoms with Crippen LogP contribution in [0.15, 0.2) is 24.3 Å². The van der Waals surface area contributed by atoms with Gasteiger partial charge >= 0.3 is 6.03 Å². The summed E-state index contributed by atoms with van der Waals surface area (Å²) in [5, 5.41) is 5.91. The summed E-state index contributed by atoms with van der Waals surface area (Å²) in [5.41, 5.74) is 0.602. The molecular weight excluding hydrogens is 251 g/mol. The monoisotopic (exact) mass is 266 g/mol. The topological polar surface area (TPSA) is 41.1 Å². The van der Waals surface area contributed by atoms with Crippen molar-refractivity contribution in [1.29, 1.82) is 0 Å². The number of benzene rings is 1. The Hall–Kier alpha value is -1.23. The molecule has 2 fully saturated rings. The third kappa shape index (κ3) is 2.07. The number of fused-ring (bicyclic) bond motifs is 1. The average Bonchev–Trinajstić information content (AvgIpc) is 2.38. The van der Waals surface area contributed by atoms with Crippen LogP contribution in [0.3, 0.4) is 0 Å². The number of urea groups is 1. The van der Waals surface area contributed by atoms with E-state index >= 15 is 0 Å². The Labute approximate surface area is 110 Å². The van der Waals surface area contributed by atoms with Gasteiger partial charge < -0.3 is 10.6 Å². The maximum absolute atomic E-state index is 13.9. The van der Waals surface area contributed by atoms with Crippen molar-refractivity contribution >= 4 is 17.8 Å². The van der Waals surface area contributed by atoms with Crippen LogP contribution in [0.25, 0.3) is 0 Å². The van der Waals surface area contributed by atoms with Gasteiger partial charge in [0.25, 0.3) is 0 Å². The van der Waals surface area contributed by atoms with E-state index in [1.807, 2.05) is 6.07 Å². The van der Waals surface area contributed by atoms with Gasteiger partial charge in [-0.25, -0.2) is 9.18 Å². The van der Waals surface area contributed by atoms with Crippen LogP contribution < -0.4 is 10.6 Å². The average molecular weight is 266 g/mol. The molecule has 2 N–H and O–H groups in total. The second kappa shape index (κ2) is 4.80. The molecule has 18 heavy (non-hydrogen) atoms. The number of nitrogens with one attached hydrogen (secondary N) is 2. The van der Waals surface area contributed by atoms with Crippen LogP contribution in [0.5, 0.6) is 0 Å². The molecule has 1 aromatic rings. The molecular formula is C13H15FN2OS. The Morgan fingerprint density at radius 1 is 1.28 bits per heavy atom. The molecule has 2 aliphatic heterocycles. The first-order chi connectivity index (χ1) is 8.75. The quantitative estimate of drug-likeness (QED) is 0.820. The van der Waals surface area contributed by atoms with Gasteiger partial charge in [0, 0.05) is 11.5 Å². The van der Waals surface area contributed by atoms with E-state index < -0.39 is 0 Å². The Balaban J connectivity index is 1.93. The number of rotatable bonds is 1. The maximum atomic E-state index is 13.9. The highest BCUT2D eigenvalue weighted by atomic mass is 32.2. The third-order valence-corrected chi connectivity index (χ3v) is 4.95. The molecule has 5 heteroatoms. The summed E-state index contributed by atoms with van der Waals surface area (Å²) in [7, 11) is 0. The lowest BCUT2D eigenvalue weighted by Gasteiger charge is -2.41. The fraction of sp³-hybridized carbons (Fsp3) is 0.462. The highest BCUT2D eigenvalue weighted by Crippen LogP contribution is 2.40. The SMILES string of the molecule is O=C1N[C@H]2SCCC[C@H]2[C@H](c2ccccc2F)N1. The van der Waals surface area contributed by atoms with E-state index in [2.05, 4.69) is 10.6 Å².